The molecule has 1 unspecified atom stereocenters. The third kappa shape index (κ3) is 5.59. The predicted octanol–water partition coefficient (Wildman–Crippen LogP) is 3.19. The minimum atomic E-state index is 0.825. The van der Waals surface area contributed by atoms with Crippen molar-refractivity contribution < 1.29 is 0 Å². The molecule has 0 amide bonds. The van der Waals surface area contributed by atoms with E-state index in [-0.39, 0.29) is 0 Å². The second kappa shape index (κ2) is 7.60. The Hall–Kier alpha value is -0.0400. The lowest BCUT2D eigenvalue weighted by atomic mass is 9.89. The first-order chi connectivity index (χ1) is 5.74. The topological polar surface area (TPSA) is 26.0 Å². The van der Waals surface area contributed by atoms with Crippen LogP contribution in [0.5, 0.6) is 0 Å². The zero-order chi connectivity index (χ0) is 9.40. The van der Waals surface area contributed by atoms with Crippen molar-refractivity contribution in [2.45, 2.75) is 52.9 Å². The molecule has 2 atom stereocenters. The van der Waals surface area contributed by atoms with Gasteiger partial charge in [0.15, 0.2) is 0 Å². The fourth-order valence-electron chi connectivity index (χ4n) is 1.87. The molecule has 0 aromatic heterocycles. The van der Waals surface area contributed by atoms with Gasteiger partial charge in [-0.2, -0.15) is 0 Å². The Morgan fingerprint density at radius 2 is 1.83 bits per heavy atom. The third-order valence-corrected chi connectivity index (χ3v) is 2.67. The van der Waals surface area contributed by atoms with E-state index in [2.05, 4.69) is 20.8 Å². The first kappa shape index (κ1) is 12.0. The van der Waals surface area contributed by atoms with Gasteiger partial charge >= 0.3 is 0 Å². The van der Waals surface area contributed by atoms with Gasteiger partial charge < -0.3 is 5.73 Å². The monoisotopic (exact) mass is 171 g/mol. The SMILES string of the molecule is CCC[C@H](CC)CC(C)CCN. The first-order valence-electron chi connectivity index (χ1n) is 5.44. The lowest BCUT2D eigenvalue weighted by Crippen LogP contribution is -2.10. The highest BCUT2D eigenvalue weighted by molar-refractivity contribution is 4.62. The van der Waals surface area contributed by atoms with Crippen LogP contribution >= 0.6 is 0 Å². The molecule has 0 bridgehead atoms. The zero-order valence-corrected chi connectivity index (χ0v) is 8.97. The van der Waals surface area contributed by atoms with Gasteiger partial charge in [0, 0.05) is 0 Å². The van der Waals surface area contributed by atoms with Gasteiger partial charge in [-0.25, -0.2) is 0 Å². The molecule has 0 aromatic carbocycles. The van der Waals surface area contributed by atoms with Gasteiger partial charge in [0.05, 0.1) is 0 Å². The standard InChI is InChI=1S/C11H25N/c1-4-6-11(5-2)9-10(3)7-8-12/h10-11H,4-9,12H2,1-3H3/t10?,11-/m0/s1. The van der Waals surface area contributed by atoms with Crippen molar-refractivity contribution in [3.63, 3.8) is 0 Å². The van der Waals surface area contributed by atoms with Crippen LogP contribution in [0.2, 0.25) is 0 Å². The van der Waals surface area contributed by atoms with Crippen LogP contribution in [0.3, 0.4) is 0 Å². The second-order valence-electron chi connectivity index (χ2n) is 3.98. The molecule has 2 N–H and O–H groups in total. The van der Waals surface area contributed by atoms with Crippen molar-refractivity contribution in [3.05, 3.63) is 0 Å². The molecule has 1 nitrogen and oxygen atoms in total. The van der Waals surface area contributed by atoms with E-state index in [0.29, 0.717) is 0 Å². The highest BCUT2D eigenvalue weighted by Crippen LogP contribution is 2.21. The highest BCUT2D eigenvalue weighted by Gasteiger charge is 2.09. The summed E-state index contributed by atoms with van der Waals surface area (Å²) in [5.41, 5.74) is 5.52. The van der Waals surface area contributed by atoms with Crippen molar-refractivity contribution in [1.29, 1.82) is 0 Å². The molecule has 0 fully saturated rings. The van der Waals surface area contributed by atoms with Gasteiger partial charge in [-0.1, -0.05) is 40.0 Å². The summed E-state index contributed by atoms with van der Waals surface area (Å²) in [6.45, 7) is 7.75. The van der Waals surface area contributed by atoms with Crippen LogP contribution in [0, 0.1) is 11.8 Å². The van der Waals surface area contributed by atoms with Crippen molar-refractivity contribution in [2.24, 2.45) is 17.6 Å². The first-order valence-corrected chi connectivity index (χ1v) is 5.44. The molecule has 0 aliphatic heterocycles. The molecule has 74 valence electrons. The van der Waals surface area contributed by atoms with E-state index in [0.717, 1.165) is 18.4 Å². The molecule has 0 saturated heterocycles. The van der Waals surface area contributed by atoms with Gasteiger partial charge in [-0.3, -0.25) is 0 Å². The maximum absolute atomic E-state index is 5.52. The summed E-state index contributed by atoms with van der Waals surface area (Å²) in [4.78, 5) is 0. The predicted molar refractivity (Wildman–Crippen MR) is 56.1 cm³/mol. The van der Waals surface area contributed by atoms with Crippen LogP contribution in [0.4, 0.5) is 0 Å². The molecule has 12 heavy (non-hydrogen) atoms. The van der Waals surface area contributed by atoms with Gasteiger partial charge in [0.25, 0.3) is 0 Å². The highest BCUT2D eigenvalue weighted by atomic mass is 14.5. The Morgan fingerprint density at radius 1 is 1.17 bits per heavy atom. The summed E-state index contributed by atoms with van der Waals surface area (Å²) in [6, 6.07) is 0. The second-order valence-corrected chi connectivity index (χ2v) is 3.98. The molecular weight excluding hydrogens is 146 g/mol. The van der Waals surface area contributed by atoms with Crippen LogP contribution in [-0.4, -0.2) is 6.54 Å². The molecule has 0 aromatic rings. The molecule has 0 radical (unpaired) electrons. The van der Waals surface area contributed by atoms with E-state index in [9.17, 15) is 0 Å². The summed E-state index contributed by atoms with van der Waals surface area (Å²) in [7, 11) is 0. The van der Waals surface area contributed by atoms with Crippen LogP contribution in [0.15, 0.2) is 0 Å². The average molecular weight is 171 g/mol. The number of hydrogen-bond donors (Lipinski definition) is 1. The summed E-state index contributed by atoms with van der Waals surface area (Å²) in [5.74, 6) is 1.77. The molecule has 0 rings (SSSR count). The minimum Gasteiger partial charge on any atom is -0.330 e. The van der Waals surface area contributed by atoms with Crippen molar-refractivity contribution in [2.75, 3.05) is 6.54 Å². The molecular formula is C11H25N. The lowest BCUT2D eigenvalue weighted by Gasteiger charge is -2.18. The molecule has 0 aliphatic rings. The normalized spacial score (nSPS) is 16.0. The summed E-state index contributed by atoms with van der Waals surface area (Å²) >= 11 is 0. The quantitative estimate of drug-likeness (QED) is 0.625. The van der Waals surface area contributed by atoms with Gasteiger partial charge in [0.1, 0.15) is 0 Å². The smallest absolute Gasteiger partial charge is 0.00747 e. The number of rotatable bonds is 7. The largest absolute Gasteiger partial charge is 0.330 e. The fourth-order valence-corrected chi connectivity index (χ4v) is 1.87. The van der Waals surface area contributed by atoms with Crippen LogP contribution < -0.4 is 5.73 Å². The van der Waals surface area contributed by atoms with E-state index < -0.39 is 0 Å². The third-order valence-electron chi connectivity index (χ3n) is 2.67. The van der Waals surface area contributed by atoms with E-state index in [1.165, 1.54) is 32.1 Å². The summed E-state index contributed by atoms with van der Waals surface area (Å²) in [5, 5.41) is 0. The Labute approximate surface area is 77.7 Å². The Kier molecular flexibility index (Phi) is 7.58. The summed E-state index contributed by atoms with van der Waals surface area (Å²) < 4.78 is 0. The molecule has 0 saturated carbocycles. The minimum absolute atomic E-state index is 0.825. The van der Waals surface area contributed by atoms with Crippen LogP contribution in [0.25, 0.3) is 0 Å². The maximum atomic E-state index is 5.52. The van der Waals surface area contributed by atoms with E-state index in [1.807, 2.05) is 0 Å². The number of hydrogen-bond acceptors (Lipinski definition) is 1. The van der Waals surface area contributed by atoms with Gasteiger partial charge in [0.2, 0.25) is 0 Å². The van der Waals surface area contributed by atoms with E-state index in [4.69, 9.17) is 5.73 Å². The number of nitrogens with two attached hydrogens (primary N) is 1. The van der Waals surface area contributed by atoms with Crippen LogP contribution in [-0.2, 0) is 0 Å². The average Bonchev–Trinajstić information content (AvgIpc) is 2.04. The Bertz CT molecular complexity index is 91.0. The van der Waals surface area contributed by atoms with Crippen LogP contribution in [0.1, 0.15) is 52.9 Å². The van der Waals surface area contributed by atoms with Crippen molar-refractivity contribution in [3.8, 4) is 0 Å². The molecule has 0 aliphatic carbocycles. The summed E-state index contributed by atoms with van der Waals surface area (Å²) in [6.07, 6.45) is 6.63. The Balaban J connectivity index is 3.53. The lowest BCUT2D eigenvalue weighted by molar-refractivity contribution is 0.347. The maximum Gasteiger partial charge on any atom is -0.00747 e. The van der Waals surface area contributed by atoms with Gasteiger partial charge in [-0.05, 0) is 31.2 Å². The Morgan fingerprint density at radius 3 is 2.25 bits per heavy atom. The van der Waals surface area contributed by atoms with E-state index in [1.54, 1.807) is 0 Å². The molecule has 1 heteroatoms. The molecule has 0 heterocycles. The fraction of sp³-hybridized carbons (Fsp3) is 1.00. The van der Waals surface area contributed by atoms with Crippen molar-refractivity contribution >= 4 is 0 Å². The van der Waals surface area contributed by atoms with Crippen molar-refractivity contribution in [1.82, 2.24) is 0 Å². The zero-order valence-electron chi connectivity index (χ0n) is 8.97. The van der Waals surface area contributed by atoms with E-state index >= 15 is 0 Å². The molecule has 0 spiro atoms. The van der Waals surface area contributed by atoms with Gasteiger partial charge in [-0.15, -0.1) is 0 Å².